The lowest BCUT2D eigenvalue weighted by molar-refractivity contribution is -0.130. The minimum absolute atomic E-state index is 0.107. The Morgan fingerprint density at radius 3 is 2.35 bits per heavy atom. The Kier molecular flexibility index (Phi) is 7.25. The van der Waals surface area contributed by atoms with Gasteiger partial charge in [0, 0.05) is 44.3 Å². The number of hydrogen-bond acceptors (Lipinski definition) is 6. The highest BCUT2D eigenvalue weighted by Gasteiger charge is 2.34. The summed E-state index contributed by atoms with van der Waals surface area (Å²) in [5.41, 5.74) is 0.391. The minimum atomic E-state index is -3.12. The van der Waals surface area contributed by atoms with Gasteiger partial charge in [-0.3, -0.25) is 24.0 Å². The fourth-order valence-corrected chi connectivity index (χ4v) is 5.13. The quantitative estimate of drug-likeness (QED) is 0.442. The van der Waals surface area contributed by atoms with Crippen molar-refractivity contribution in [2.45, 2.75) is 45.4 Å². The van der Waals surface area contributed by atoms with Crippen molar-refractivity contribution in [3.63, 3.8) is 0 Å². The second-order valence-electron chi connectivity index (χ2n) is 9.63. The number of carbonyl (C=O) groups excluding carboxylic acids is 3. The van der Waals surface area contributed by atoms with Crippen molar-refractivity contribution < 1.29 is 36.7 Å². The van der Waals surface area contributed by atoms with Crippen LogP contribution in [0.3, 0.4) is 0 Å². The van der Waals surface area contributed by atoms with Gasteiger partial charge in [0.15, 0.2) is 17.4 Å². The smallest absolute Gasteiger partial charge is 0.414 e. The Balaban J connectivity index is 1.33. The van der Waals surface area contributed by atoms with Crippen molar-refractivity contribution in [2.24, 2.45) is 0 Å². The molecule has 2 amide bonds. The lowest BCUT2D eigenvalue weighted by atomic mass is 10.1. The number of fused-ring (bicyclic) bond motifs is 3. The van der Waals surface area contributed by atoms with Crippen molar-refractivity contribution >= 4 is 45.7 Å². The van der Waals surface area contributed by atoms with Crippen LogP contribution in [0.25, 0.3) is 10.9 Å². The van der Waals surface area contributed by atoms with Crippen molar-refractivity contribution in [2.75, 3.05) is 34.8 Å². The molecule has 0 saturated carbocycles. The molecule has 5 rings (SSSR count). The molecule has 2 aromatic carbocycles. The van der Waals surface area contributed by atoms with E-state index in [0.717, 1.165) is 17.0 Å². The molecular formula is C26H25F4N5O5. The number of Topliss-reactive ketones (excluding diaryl/α,β-unsaturated/α-hetero) is 1. The molecule has 0 aliphatic carbocycles. The van der Waals surface area contributed by atoms with Crippen LogP contribution in [-0.4, -0.2) is 59.3 Å². The van der Waals surface area contributed by atoms with Gasteiger partial charge >= 0.3 is 6.09 Å². The number of aromatic nitrogens is 2. The summed E-state index contributed by atoms with van der Waals surface area (Å²) in [6.45, 7) is 1.90. The molecule has 1 fully saturated rings. The van der Waals surface area contributed by atoms with Gasteiger partial charge < -0.3 is 15.0 Å². The molecule has 212 valence electrons. The van der Waals surface area contributed by atoms with Gasteiger partial charge in [-0.15, -0.1) is 0 Å². The number of amides is 2. The molecule has 0 unspecified atom stereocenters. The van der Waals surface area contributed by atoms with E-state index >= 15 is 8.78 Å². The average molecular weight is 564 g/mol. The Morgan fingerprint density at radius 1 is 1.02 bits per heavy atom. The van der Waals surface area contributed by atoms with E-state index in [4.69, 9.17) is 4.74 Å². The highest BCUT2D eigenvalue weighted by molar-refractivity contribution is 5.92. The van der Waals surface area contributed by atoms with Crippen molar-refractivity contribution in [3.8, 4) is 0 Å². The number of nitrogens with one attached hydrogen (secondary N) is 1. The Morgan fingerprint density at radius 2 is 1.70 bits per heavy atom. The maximum atomic E-state index is 15.3. The Labute approximate surface area is 224 Å². The van der Waals surface area contributed by atoms with Gasteiger partial charge in [-0.2, -0.15) is 0 Å². The summed E-state index contributed by atoms with van der Waals surface area (Å²) >= 11 is 0. The standard InChI is InChI=1S/C26H25F4N5O5/c1-14(36)31-15-2-4-21-18(10-15)25(38)35-9-7-32(6-8-34(21)35)23-19(27)11-16(12-20(23)28)33-13-17(40-26(33)39)3-5-22(37)24(29)30/h2,4,10-12,17,24H,3,5-9,13H2,1H3,(H,31,36)/t17-/m0/s1. The number of rotatable bonds is 7. The second-order valence-corrected chi connectivity index (χ2v) is 9.63. The minimum Gasteiger partial charge on any atom is -0.444 e. The third kappa shape index (κ3) is 5.12. The van der Waals surface area contributed by atoms with Gasteiger partial charge in [0.2, 0.25) is 5.91 Å². The van der Waals surface area contributed by atoms with Crippen molar-refractivity contribution in [3.05, 3.63) is 52.3 Å². The van der Waals surface area contributed by atoms with Crippen LogP contribution in [0.2, 0.25) is 0 Å². The molecule has 1 aromatic heterocycles. The van der Waals surface area contributed by atoms with E-state index in [1.165, 1.54) is 16.5 Å². The fourth-order valence-electron chi connectivity index (χ4n) is 5.13. The van der Waals surface area contributed by atoms with Crippen LogP contribution in [0.5, 0.6) is 0 Å². The summed E-state index contributed by atoms with van der Waals surface area (Å²) in [4.78, 5) is 50.4. The van der Waals surface area contributed by atoms with Crippen LogP contribution in [0.4, 0.5) is 39.4 Å². The number of anilines is 3. The van der Waals surface area contributed by atoms with Crippen LogP contribution < -0.4 is 20.7 Å². The van der Waals surface area contributed by atoms with E-state index in [0.29, 0.717) is 16.6 Å². The molecule has 1 atom stereocenters. The fraction of sp³-hybridized carbons (Fsp3) is 0.385. The van der Waals surface area contributed by atoms with E-state index in [9.17, 15) is 28.0 Å². The molecule has 0 spiro atoms. The summed E-state index contributed by atoms with van der Waals surface area (Å²) in [5.74, 6) is -3.40. The van der Waals surface area contributed by atoms with Crippen LogP contribution in [0.1, 0.15) is 19.8 Å². The Bertz CT molecular complexity index is 1550. The highest BCUT2D eigenvalue weighted by atomic mass is 19.3. The summed E-state index contributed by atoms with van der Waals surface area (Å²) < 4.78 is 63.8. The predicted molar refractivity (Wildman–Crippen MR) is 137 cm³/mol. The van der Waals surface area contributed by atoms with E-state index < -0.39 is 42.5 Å². The molecule has 0 bridgehead atoms. The predicted octanol–water partition coefficient (Wildman–Crippen LogP) is 3.50. The molecular weight excluding hydrogens is 538 g/mol. The largest absolute Gasteiger partial charge is 0.444 e. The monoisotopic (exact) mass is 563 g/mol. The maximum absolute atomic E-state index is 15.3. The van der Waals surface area contributed by atoms with Crippen LogP contribution >= 0.6 is 0 Å². The number of halogens is 4. The number of hydrogen-bond donors (Lipinski definition) is 1. The number of benzene rings is 2. The molecule has 3 heterocycles. The van der Waals surface area contributed by atoms with Crippen molar-refractivity contribution in [1.82, 2.24) is 9.36 Å². The number of cyclic esters (lactones) is 1. The first-order chi connectivity index (χ1) is 19.0. The summed E-state index contributed by atoms with van der Waals surface area (Å²) in [6, 6.07) is 6.94. The third-order valence-corrected chi connectivity index (χ3v) is 6.97. The summed E-state index contributed by atoms with van der Waals surface area (Å²) in [6.07, 6.45) is -5.51. The number of ether oxygens (including phenoxy) is 1. The molecule has 1 saturated heterocycles. The first-order valence-corrected chi connectivity index (χ1v) is 12.6. The number of carbonyl (C=O) groups is 3. The Hall–Kier alpha value is -4.36. The average Bonchev–Trinajstić information content (AvgIpc) is 3.29. The first kappa shape index (κ1) is 27.2. The zero-order chi connectivity index (χ0) is 28.7. The first-order valence-electron chi connectivity index (χ1n) is 12.6. The van der Waals surface area contributed by atoms with E-state index in [2.05, 4.69) is 5.32 Å². The van der Waals surface area contributed by atoms with E-state index in [1.807, 2.05) is 0 Å². The maximum Gasteiger partial charge on any atom is 0.414 e. The van der Waals surface area contributed by atoms with E-state index in [-0.39, 0.29) is 62.0 Å². The highest BCUT2D eigenvalue weighted by Crippen LogP contribution is 2.32. The lowest BCUT2D eigenvalue weighted by Gasteiger charge is -2.24. The summed E-state index contributed by atoms with van der Waals surface area (Å²) in [7, 11) is 0. The molecule has 40 heavy (non-hydrogen) atoms. The molecule has 2 aliphatic rings. The van der Waals surface area contributed by atoms with Crippen LogP contribution in [-0.2, 0) is 27.4 Å². The SMILES string of the molecule is CC(=O)Nc1ccc2c(c1)c(=O)n1n2CCN(c2c(F)cc(N3C[C@H](CCC(=O)C(F)F)OC3=O)cc2F)CC1. The number of alkyl halides is 2. The number of ketones is 1. The normalized spacial score (nSPS) is 17.2. The third-order valence-electron chi connectivity index (χ3n) is 6.97. The second kappa shape index (κ2) is 10.7. The van der Waals surface area contributed by atoms with Crippen molar-refractivity contribution in [1.29, 1.82) is 0 Å². The van der Waals surface area contributed by atoms with Crippen LogP contribution in [0, 0.1) is 11.6 Å². The molecule has 1 N–H and O–H groups in total. The van der Waals surface area contributed by atoms with Gasteiger partial charge in [0.05, 0.1) is 36.2 Å². The topological polar surface area (TPSA) is 106 Å². The van der Waals surface area contributed by atoms with Gasteiger partial charge in [-0.25, -0.2) is 27.0 Å². The molecule has 2 aliphatic heterocycles. The van der Waals surface area contributed by atoms with Crippen LogP contribution in [0.15, 0.2) is 35.1 Å². The zero-order valence-electron chi connectivity index (χ0n) is 21.3. The van der Waals surface area contributed by atoms with Gasteiger partial charge in [-0.1, -0.05) is 0 Å². The lowest BCUT2D eigenvalue weighted by Crippen LogP contribution is -2.30. The summed E-state index contributed by atoms with van der Waals surface area (Å²) in [5, 5.41) is 3.05. The molecule has 14 heteroatoms. The van der Waals surface area contributed by atoms with Gasteiger partial charge in [0.1, 0.15) is 11.8 Å². The van der Waals surface area contributed by atoms with E-state index in [1.54, 1.807) is 22.9 Å². The zero-order valence-corrected chi connectivity index (χ0v) is 21.3. The molecule has 3 aromatic rings. The van der Waals surface area contributed by atoms with Gasteiger partial charge in [-0.05, 0) is 24.6 Å². The molecule has 0 radical (unpaired) electrons. The number of nitrogens with zero attached hydrogens (tertiary/aromatic N) is 4. The van der Waals surface area contributed by atoms with Gasteiger partial charge in [0.25, 0.3) is 12.0 Å². The molecule has 10 nitrogen and oxygen atoms in total.